The van der Waals surface area contributed by atoms with E-state index in [2.05, 4.69) is 10.3 Å². The van der Waals surface area contributed by atoms with Crippen molar-refractivity contribution in [3.63, 3.8) is 0 Å². The average molecular weight is 419 g/mol. The summed E-state index contributed by atoms with van der Waals surface area (Å²) in [4.78, 5) is 19.2. The van der Waals surface area contributed by atoms with Gasteiger partial charge in [0.25, 0.3) is 0 Å². The minimum absolute atomic E-state index is 0.171. The standard InChI is InChI=1S/C24H22FN3O3/c25-18-12-21(28(14-18)13-17-4-3-6-22-23(17)31-15-30-22)24(29)27-19-9-7-16(8-10-19)20-5-1-2-11-26-20/h1-11,18,21H,12-15H2,(H,27,29)/t18-,21+/m0/s1. The van der Waals surface area contributed by atoms with Crippen LogP contribution in [0.4, 0.5) is 10.1 Å². The molecule has 2 aliphatic rings. The fourth-order valence-electron chi connectivity index (χ4n) is 4.11. The van der Waals surface area contributed by atoms with Crippen LogP contribution in [0.3, 0.4) is 0 Å². The van der Waals surface area contributed by atoms with Gasteiger partial charge in [0.2, 0.25) is 12.7 Å². The van der Waals surface area contributed by atoms with E-state index >= 15 is 0 Å². The number of pyridine rings is 1. The molecular weight excluding hydrogens is 397 g/mol. The first-order valence-electron chi connectivity index (χ1n) is 10.3. The first-order chi connectivity index (χ1) is 15.2. The van der Waals surface area contributed by atoms with E-state index in [1.165, 1.54) is 0 Å². The van der Waals surface area contributed by atoms with Crippen LogP contribution in [0.1, 0.15) is 12.0 Å². The topological polar surface area (TPSA) is 63.7 Å². The Balaban J connectivity index is 1.28. The highest BCUT2D eigenvalue weighted by molar-refractivity contribution is 5.95. The summed E-state index contributed by atoms with van der Waals surface area (Å²) in [6, 6.07) is 18.3. The number of alkyl halides is 1. The van der Waals surface area contributed by atoms with Gasteiger partial charge in [-0.15, -0.1) is 0 Å². The molecule has 0 unspecified atom stereocenters. The van der Waals surface area contributed by atoms with Crippen LogP contribution in [0.25, 0.3) is 11.3 Å². The van der Waals surface area contributed by atoms with E-state index in [1.54, 1.807) is 6.20 Å². The van der Waals surface area contributed by atoms with E-state index in [4.69, 9.17) is 9.47 Å². The number of aromatic nitrogens is 1. The Bertz CT molecular complexity index is 1080. The first-order valence-corrected chi connectivity index (χ1v) is 10.3. The monoisotopic (exact) mass is 419 g/mol. The molecule has 2 aromatic carbocycles. The minimum atomic E-state index is -1.05. The van der Waals surface area contributed by atoms with Gasteiger partial charge in [-0.2, -0.15) is 0 Å². The molecule has 1 N–H and O–H groups in total. The highest BCUT2D eigenvalue weighted by Crippen LogP contribution is 2.37. The number of halogens is 1. The Morgan fingerprint density at radius 3 is 2.77 bits per heavy atom. The zero-order chi connectivity index (χ0) is 21.2. The van der Waals surface area contributed by atoms with E-state index in [1.807, 2.05) is 65.6 Å². The van der Waals surface area contributed by atoms with Crippen LogP contribution in [0.5, 0.6) is 11.5 Å². The molecule has 158 valence electrons. The van der Waals surface area contributed by atoms with Crippen molar-refractivity contribution in [1.82, 2.24) is 9.88 Å². The van der Waals surface area contributed by atoms with Gasteiger partial charge in [0, 0.05) is 42.5 Å². The van der Waals surface area contributed by atoms with Gasteiger partial charge >= 0.3 is 0 Å². The van der Waals surface area contributed by atoms with Crippen LogP contribution < -0.4 is 14.8 Å². The Morgan fingerprint density at radius 2 is 1.97 bits per heavy atom. The number of rotatable bonds is 5. The lowest BCUT2D eigenvalue weighted by molar-refractivity contribution is -0.120. The number of ether oxygens (including phenoxy) is 2. The lowest BCUT2D eigenvalue weighted by Crippen LogP contribution is -2.39. The van der Waals surface area contributed by atoms with Crippen molar-refractivity contribution in [2.75, 3.05) is 18.7 Å². The normalized spacial score (nSPS) is 20.0. The van der Waals surface area contributed by atoms with Gasteiger partial charge in [-0.25, -0.2) is 4.39 Å². The Labute approximate surface area is 179 Å². The number of para-hydroxylation sites is 1. The zero-order valence-corrected chi connectivity index (χ0v) is 16.8. The maximum absolute atomic E-state index is 14.3. The maximum Gasteiger partial charge on any atom is 0.241 e. The van der Waals surface area contributed by atoms with Crippen LogP contribution in [-0.2, 0) is 11.3 Å². The smallest absolute Gasteiger partial charge is 0.241 e. The summed E-state index contributed by atoms with van der Waals surface area (Å²) in [6.07, 6.45) is 0.868. The summed E-state index contributed by atoms with van der Waals surface area (Å²) in [5.74, 6) is 1.15. The molecule has 3 heterocycles. The molecule has 2 aliphatic heterocycles. The van der Waals surface area contributed by atoms with Gasteiger partial charge in [0.05, 0.1) is 11.7 Å². The molecule has 2 atom stereocenters. The van der Waals surface area contributed by atoms with E-state index < -0.39 is 12.2 Å². The molecule has 1 amide bonds. The van der Waals surface area contributed by atoms with Gasteiger partial charge in [0.15, 0.2) is 11.5 Å². The molecule has 0 bridgehead atoms. The van der Waals surface area contributed by atoms with Crippen molar-refractivity contribution in [2.24, 2.45) is 0 Å². The summed E-state index contributed by atoms with van der Waals surface area (Å²) in [7, 11) is 0. The van der Waals surface area contributed by atoms with E-state index in [-0.39, 0.29) is 25.7 Å². The predicted octanol–water partition coefficient (Wildman–Crippen LogP) is 4.03. The second-order valence-corrected chi connectivity index (χ2v) is 7.71. The van der Waals surface area contributed by atoms with Crippen molar-refractivity contribution in [1.29, 1.82) is 0 Å². The third-order valence-electron chi connectivity index (χ3n) is 5.62. The number of benzene rings is 2. The molecule has 1 saturated heterocycles. The highest BCUT2D eigenvalue weighted by atomic mass is 19.1. The van der Waals surface area contributed by atoms with Gasteiger partial charge in [0.1, 0.15) is 6.17 Å². The van der Waals surface area contributed by atoms with Crippen LogP contribution >= 0.6 is 0 Å². The van der Waals surface area contributed by atoms with Crippen molar-refractivity contribution >= 4 is 11.6 Å². The molecule has 0 saturated carbocycles. The zero-order valence-electron chi connectivity index (χ0n) is 16.8. The lowest BCUT2D eigenvalue weighted by Gasteiger charge is -2.24. The van der Waals surface area contributed by atoms with Crippen LogP contribution in [0.15, 0.2) is 66.9 Å². The quantitative estimate of drug-likeness (QED) is 0.677. The van der Waals surface area contributed by atoms with Crippen molar-refractivity contribution in [3.8, 4) is 22.8 Å². The van der Waals surface area contributed by atoms with E-state index in [0.717, 1.165) is 16.8 Å². The SMILES string of the molecule is O=C(Nc1ccc(-c2ccccn2)cc1)[C@H]1C[C@H](F)CN1Cc1cccc2c1OCO2. The molecule has 1 aromatic heterocycles. The van der Waals surface area contributed by atoms with Gasteiger partial charge in [-0.1, -0.05) is 30.3 Å². The second kappa shape index (κ2) is 8.35. The Kier molecular flexibility index (Phi) is 5.26. The van der Waals surface area contributed by atoms with E-state index in [0.29, 0.717) is 23.7 Å². The van der Waals surface area contributed by atoms with Crippen molar-refractivity contribution in [2.45, 2.75) is 25.2 Å². The minimum Gasteiger partial charge on any atom is -0.454 e. The number of nitrogens with one attached hydrogen (secondary N) is 1. The summed E-state index contributed by atoms with van der Waals surface area (Å²) in [6.45, 7) is 0.807. The van der Waals surface area contributed by atoms with Gasteiger partial charge in [-0.3, -0.25) is 14.7 Å². The molecule has 3 aromatic rings. The first kappa shape index (κ1) is 19.5. The van der Waals surface area contributed by atoms with E-state index in [9.17, 15) is 9.18 Å². The maximum atomic E-state index is 14.3. The molecule has 7 heteroatoms. The second-order valence-electron chi connectivity index (χ2n) is 7.71. The number of likely N-dealkylation sites (tertiary alicyclic amines) is 1. The molecular formula is C24H22FN3O3. The van der Waals surface area contributed by atoms with Crippen LogP contribution in [0, 0.1) is 0 Å². The summed E-state index contributed by atoms with van der Waals surface area (Å²) in [5.41, 5.74) is 3.39. The molecule has 6 nitrogen and oxygen atoms in total. The summed E-state index contributed by atoms with van der Waals surface area (Å²) in [5, 5.41) is 2.93. The number of amides is 1. The van der Waals surface area contributed by atoms with Crippen LogP contribution in [0.2, 0.25) is 0 Å². The summed E-state index contributed by atoms with van der Waals surface area (Å²) < 4.78 is 25.2. The molecule has 0 spiro atoms. The number of fused-ring (bicyclic) bond motifs is 1. The van der Waals surface area contributed by atoms with Gasteiger partial charge in [-0.05, 0) is 30.3 Å². The third-order valence-corrected chi connectivity index (χ3v) is 5.62. The van der Waals surface area contributed by atoms with Crippen molar-refractivity contribution in [3.05, 3.63) is 72.4 Å². The molecule has 0 aliphatic carbocycles. The molecule has 5 rings (SSSR count). The fourth-order valence-corrected chi connectivity index (χ4v) is 4.11. The molecule has 0 radical (unpaired) electrons. The largest absolute Gasteiger partial charge is 0.454 e. The van der Waals surface area contributed by atoms with Crippen LogP contribution in [-0.4, -0.2) is 41.3 Å². The molecule has 1 fully saturated rings. The van der Waals surface area contributed by atoms with Crippen molar-refractivity contribution < 1.29 is 18.7 Å². The Morgan fingerprint density at radius 1 is 1.10 bits per heavy atom. The number of nitrogens with zero attached hydrogens (tertiary/aromatic N) is 2. The fraction of sp³-hybridized carbons (Fsp3) is 0.250. The molecule has 31 heavy (non-hydrogen) atoms. The lowest BCUT2D eigenvalue weighted by atomic mass is 10.1. The number of hydrogen-bond donors (Lipinski definition) is 1. The van der Waals surface area contributed by atoms with Gasteiger partial charge < -0.3 is 14.8 Å². The Hall–Kier alpha value is -3.45. The number of carbonyl (C=O) groups is 1. The summed E-state index contributed by atoms with van der Waals surface area (Å²) >= 11 is 0. The highest BCUT2D eigenvalue weighted by Gasteiger charge is 2.37. The number of hydrogen-bond acceptors (Lipinski definition) is 5. The third kappa shape index (κ3) is 4.09. The number of carbonyl (C=O) groups excluding carboxylic acids is 1. The predicted molar refractivity (Wildman–Crippen MR) is 115 cm³/mol. The average Bonchev–Trinajstić information content (AvgIpc) is 3.42. The number of anilines is 1.